The molecule has 0 aliphatic carbocycles. The molecule has 0 saturated heterocycles. The van der Waals surface area contributed by atoms with Crippen LogP contribution in [-0.4, -0.2) is 81.9 Å². The van der Waals surface area contributed by atoms with Gasteiger partial charge in [0.05, 0.1) is 0 Å². The molecule has 0 fully saturated rings. The summed E-state index contributed by atoms with van der Waals surface area (Å²) in [6.07, 6.45) is 20.2. The first-order valence-electron chi connectivity index (χ1n) is 16.5. The minimum absolute atomic E-state index is 0. The molecule has 2 nitrogen and oxygen atoms in total. The van der Waals surface area contributed by atoms with Crippen molar-refractivity contribution >= 4 is 81.9 Å². The molecule has 2 aromatic rings. The van der Waals surface area contributed by atoms with Crippen molar-refractivity contribution in [3.05, 3.63) is 59.7 Å². The first-order valence-corrected chi connectivity index (χ1v) is 19.0. The third-order valence-electron chi connectivity index (χ3n) is 7.78. The van der Waals surface area contributed by atoms with Crippen LogP contribution >= 0.6 is 0 Å². The topological polar surface area (TPSA) is 46.1 Å². The Kier molecular flexibility index (Phi) is 39.7. The fraction of sp³-hybridized carbons (Fsp3) is 0.667. The molecule has 0 amide bonds. The summed E-state index contributed by atoms with van der Waals surface area (Å²) in [4.78, 5) is 0. The van der Waals surface area contributed by atoms with Gasteiger partial charge in [-0.2, -0.15) is 0 Å². The molecule has 224 valence electrons. The summed E-state index contributed by atoms with van der Waals surface area (Å²) in [7, 11) is 0. The van der Waals surface area contributed by atoms with E-state index < -0.39 is 0 Å². The molecule has 0 aliphatic heterocycles. The molecule has 0 saturated carbocycles. The molecule has 0 atom stereocenters. The van der Waals surface area contributed by atoms with Crippen LogP contribution in [0.3, 0.4) is 0 Å². The molecular formula is C36H62AlBaLiO2. The van der Waals surface area contributed by atoms with Crippen molar-refractivity contribution in [2.45, 2.75) is 153 Å². The molecule has 0 unspecified atom stereocenters. The average molecular weight is 698 g/mol. The van der Waals surface area contributed by atoms with Gasteiger partial charge < -0.3 is 10.2 Å². The Labute approximate surface area is 312 Å². The number of aryl methyl sites for hydroxylation is 2. The van der Waals surface area contributed by atoms with Crippen molar-refractivity contribution in [3.8, 4) is 11.5 Å². The Morgan fingerprint density at radius 3 is 1.02 bits per heavy atom. The van der Waals surface area contributed by atoms with Crippen LogP contribution in [0.1, 0.15) is 136 Å². The predicted octanol–water partition coefficient (Wildman–Crippen LogP) is 9.62. The molecule has 2 aromatic carbocycles. The van der Waals surface area contributed by atoms with Gasteiger partial charge in [0, 0.05) is 0 Å². The first-order chi connectivity index (χ1) is 19.0. The van der Waals surface area contributed by atoms with Gasteiger partial charge >= 0.3 is 67.7 Å². The second-order valence-corrected chi connectivity index (χ2v) is 15.2. The van der Waals surface area contributed by atoms with E-state index in [2.05, 4.69) is 34.6 Å². The number of rotatable bonds is 19. The number of para-hydroxylation sites is 2. The molecule has 0 N–H and O–H groups in total. The SMILES string of the molecule is CCCCCCCCCc1ccccc1[O-].CCCCCCCCCc1ccccc1[O-].C[CH2][Al]([CH2]C)[CH2]C.[Ba+2].[LiH]. The number of hydrogen-bond donors (Lipinski definition) is 0. The first kappa shape index (κ1) is 46.2. The van der Waals surface area contributed by atoms with Crippen LogP contribution in [0.2, 0.25) is 15.8 Å². The van der Waals surface area contributed by atoms with E-state index in [9.17, 15) is 10.2 Å². The number of unbranched alkanes of at least 4 members (excludes halogenated alkanes) is 12. The van der Waals surface area contributed by atoms with Gasteiger partial charge in [0.2, 0.25) is 0 Å². The average Bonchev–Trinajstić information content (AvgIpc) is 2.95. The van der Waals surface area contributed by atoms with Crippen LogP contribution in [0.4, 0.5) is 0 Å². The third kappa shape index (κ3) is 28.0. The monoisotopic (exact) mass is 698 g/mol. The van der Waals surface area contributed by atoms with Crippen molar-refractivity contribution < 1.29 is 10.2 Å². The van der Waals surface area contributed by atoms with E-state index in [0.29, 0.717) is 0 Å². The summed E-state index contributed by atoms with van der Waals surface area (Å²) >= 11 is -0.171. The summed E-state index contributed by atoms with van der Waals surface area (Å²) in [5.41, 5.74) is 1.96. The summed E-state index contributed by atoms with van der Waals surface area (Å²) < 4.78 is 0. The Morgan fingerprint density at radius 1 is 0.463 bits per heavy atom. The van der Waals surface area contributed by atoms with Crippen molar-refractivity contribution in [3.63, 3.8) is 0 Å². The van der Waals surface area contributed by atoms with Gasteiger partial charge in [-0.05, 0) is 25.7 Å². The zero-order valence-electron chi connectivity index (χ0n) is 27.2. The molecular weight excluding hydrogens is 636 g/mol. The molecule has 0 aromatic heterocycles. The molecule has 0 radical (unpaired) electrons. The van der Waals surface area contributed by atoms with Gasteiger partial charge in [-0.3, -0.25) is 0 Å². The minimum atomic E-state index is -0.171. The zero-order valence-corrected chi connectivity index (χ0v) is 32.8. The van der Waals surface area contributed by atoms with E-state index >= 15 is 0 Å². The van der Waals surface area contributed by atoms with Crippen molar-refractivity contribution in [1.82, 2.24) is 0 Å². The van der Waals surface area contributed by atoms with E-state index in [1.165, 1.54) is 92.9 Å². The summed E-state index contributed by atoms with van der Waals surface area (Å²) in [5, 5.41) is 27.3. The zero-order chi connectivity index (χ0) is 29.0. The molecule has 0 heterocycles. The van der Waals surface area contributed by atoms with E-state index in [1.807, 2.05) is 36.4 Å². The number of hydrogen-bond acceptors (Lipinski definition) is 2. The molecule has 0 spiro atoms. The van der Waals surface area contributed by atoms with Gasteiger partial charge in [0.1, 0.15) is 0 Å². The second-order valence-electron chi connectivity index (χ2n) is 11.0. The van der Waals surface area contributed by atoms with Crippen LogP contribution in [0, 0.1) is 0 Å². The van der Waals surface area contributed by atoms with Crippen LogP contribution in [-0.2, 0) is 12.8 Å². The fourth-order valence-corrected chi connectivity index (χ4v) is 6.56. The summed E-state index contributed by atoms with van der Waals surface area (Å²) in [5.74, 6) is 0.405. The third-order valence-corrected chi connectivity index (χ3v) is 11.2. The Morgan fingerprint density at radius 2 is 0.756 bits per heavy atom. The Hall–Kier alpha value is 0.741. The second kappa shape index (κ2) is 35.2. The van der Waals surface area contributed by atoms with Gasteiger partial charge in [0.15, 0.2) is 0 Å². The summed E-state index contributed by atoms with van der Waals surface area (Å²) in [6, 6.07) is 14.8. The van der Waals surface area contributed by atoms with Crippen LogP contribution in [0.5, 0.6) is 11.5 Å². The Bertz CT molecular complexity index is 721. The van der Waals surface area contributed by atoms with Crippen LogP contribution in [0.15, 0.2) is 48.5 Å². The predicted molar refractivity (Wildman–Crippen MR) is 185 cm³/mol. The van der Waals surface area contributed by atoms with Gasteiger partial charge in [-0.25, -0.2) is 0 Å². The normalized spacial score (nSPS) is 9.78. The van der Waals surface area contributed by atoms with Crippen molar-refractivity contribution in [1.29, 1.82) is 0 Å². The number of benzene rings is 2. The van der Waals surface area contributed by atoms with Gasteiger partial charge in [0.25, 0.3) is 14.1 Å². The molecule has 5 heteroatoms. The van der Waals surface area contributed by atoms with E-state index in [0.717, 1.165) is 36.8 Å². The fourth-order valence-electron chi connectivity index (χ4n) is 4.83. The van der Waals surface area contributed by atoms with Crippen LogP contribution < -0.4 is 10.2 Å². The maximum atomic E-state index is 11.4. The van der Waals surface area contributed by atoms with E-state index in [1.54, 1.807) is 12.1 Å². The van der Waals surface area contributed by atoms with Gasteiger partial charge in [-0.15, -0.1) is 11.5 Å². The molecule has 2 rings (SSSR count). The van der Waals surface area contributed by atoms with Gasteiger partial charge in [-0.1, -0.05) is 187 Å². The van der Waals surface area contributed by atoms with Crippen molar-refractivity contribution in [2.75, 3.05) is 0 Å². The molecule has 0 bridgehead atoms. The molecule has 41 heavy (non-hydrogen) atoms. The summed E-state index contributed by atoms with van der Waals surface area (Å²) in [6.45, 7) is 11.5. The molecule has 0 aliphatic rings. The quantitative estimate of drug-likeness (QED) is 0.108. The standard InChI is InChI=1S/2C15H24O.3C2H5.Al.Ba.Li.H/c2*1-2-3-4-5-6-7-8-11-14-12-9-10-13-15(14)16;3*1-2;;;;/h2*9-10,12-13,16H,2-8,11H2,1H3;3*1H2,2H3;;;;/q;;;;;;+2;;/p-2. The maximum absolute atomic E-state index is 11.4. The van der Waals surface area contributed by atoms with E-state index in [4.69, 9.17) is 0 Å². The van der Waals surface area contributed by atoms with Crippen LogP contribution in [0.25, 0.3) is 0 Å². The Balaban J connectivity index is -0.000000553. The van der Waals surface area contributed by atoms with Crippen molar-refractivity contribution in [2.24, 2.45) is 0 Å². The van der Waals surface area contributed by atoms with E-state index in [-0.39, 0.29) is 93.4 Å².